The van der Waals surface area contributed by atoms with E-state index < -0.39 is 9.84 Å². The second-order valence-corrected chi connectivity index (χ2v) is 20.1. The monoisotopic (exact) mass is 870 g/mol. The van der Waals surface area contributed by atoms with Crippen molar-refractivity contribution >= 4 is 33.2 Å². The summed E-state index contributed by atoms with van der Waals surface area (Å²) in [5.41, 5.74) is 11.3. The van der Waals surface area contributed by atoms with E-state index in [4.69, 9.17) is 0 Å². The lowest BCUT2D eigenvalue weighted by molar-refractivity contribution is 0.0937. The maximum absolute atomic E-state index is 12.0. The number of sulfone groups is 1. The maximum atomic E-state index is 12.0. The number of nitrogens with one attached hydrogen (secondary N) is 4. The third kappa shape index (κ3) is 12.7. The zero-order chi connectivity index (χ0) is 46.0. The van der Waals surface area contributed by atoms with Gasteiger partial charge in [-0.3, -0.25) is 14.4 Å². The molecule has 0 bridgehead atoms. The molecule has 0 aromatic heterocycles. The van der Waals surface area contributed by atoms with Gasteiger partial charge in [-0.05, 0) is 126 Å². The Balaban J connectivity index is 0.000000160. The second kappa shape index (κ2) is 21.6. The molecular formula is C53H66N4O5S. The van der Waals surface area contributed by atoms with Gasteiger partial charge in [0.25, 0.3) is 17.7 Å². The normalized spacial score (nSPS) is 15.6. The van der Waals surface area contributed by atoms with Gasteiger partial charge in [0.1, 0.15) is 0 Å². The van der Waals surface area contributed by atoms with Crippen molar-refractivity contribution in [2.45, 2.75) is 123 Å². The van der Waals surface area contributed by atoms with E-state index in [0.29, 0.717) is 41.0 Å². The average molecular weight is 871 g/mol. The highest BCUT2D eigenvalue weighted by molar-refractivity contribution is 7.91. The van der Waals surface area contributed by atoms with Crippen molar-refractivity contribution in [3.05, 3.63) is 165 Å². The van der Waals surface area contributed by atoms with E-state index in [1.807, 2.05) is 86.6 Å². The summed E-state index contributed by atoms with van der Waals surface area (Å²) < 4.78 is 23.7. The fourth-order valence-electron chi connectivity index (χ4n) is 7.55. The van der Waals surface area contributed by atoms with Crippen LogP contribution in [-0.4, -0.2) is 44.6 Å². The van der Waals surface area contributed by atoms with Gasteiger partial charge in [0.2, 0.25) is 0 Å². The zero-order valence-corrected chi connectivity index (χ0v) is 39.5. The van der Waals surface area contributed by atoms with Gasteiger partial charge in [-0.2, -0.15) is 0 Å². The highest BCUT2D eigenvalue weighted by Crippen LogP contribution is 2.32. The number of carbonyl (C=O) groups is 3. The van der Waals surface area contributed by atoms with E-state index >= 15 is 0 Å². The molecule has 10 heteroatoms. The summed E-state index contributed by atoms with van der Waals surface area (Å²) in [6.07, 6.45) is 1.66. The fraction of sp³-hybridized carbons (Fsp3) is 0.377. The lowest BCUT2D eigenvalue weighted by Gasteiger charge is -2.19. The van der Waals surface area contributed by atoms with Crippen molar-refractivity contribution in [3.63, 3.8) is 0 Å². The summed E-state index contributed by atoms with van der Waals surface area (Å²) in [6, 6.07) is 36.1. The van der Waals surface area contributed by atoms with Gasteiger partial charge in [0, 0.05) is 22.9 Å². The van der Waals surface area contributed by atoms with Crippen molar-refractivity contribution in [1.29, 1.82) is 0 Å². The van der Waals surface area contributed by atoms with Gasteiger partial charge in [-0.15, -0.1) is 0 Å². The maximum Gasteiger partial charge on any atom is 0.254 e. The molecule has 5 aromatic rings. The van der Waals surface area contributed by atoms with Crippen molar-refractivity contribution in [1.82, 2.24) is 16.0 Å². The molecule has 0 fully saturated rings. The van der Waals surface area contributed by atoms with Crippen molar-refractivity contribution in [2.75, 3.05) is 17.7 Å². The third-order valence-electron chi connectivity index (χ3n) is 11.4. The van der Waals surface area contributed by atoms with Crippen molar-refractivity contribution < 1.29 is 22.8 Å². The molecule has 3 aliphatic heterocycles. The Hall–Kier alpha value is -5.74. The van der Waals surface area contributed by atoms with Gasteiger partial charge in [-0.25, -0.2) is 8.42 Å². The first kappa shape index (κ1) is 48.3. The van der Waals surface area contributed by atoms with Crippen LogP contribution < -0.4 is 21.3 Å². The Kier molecular flexibility index (Phi) is 16.5. The van der Waals surface area contributed by atoms with Gasteiger partial charge in [0.05, 0.1) is 28.9 Å². The number of aryl methyl sites for hydroxylation is 1. The highest BCUT2D eigenvalue weighted by atomic mass is 32.2. The first-order valence-electron chi connectivity index (χ1n) is 22.3. The van der Waals surface area contributed by atoms with E-state index in [0.717, 1.165) is 57.5 Å². The molecule has 3 heterocycles. The van der Waals surface area contributed by atoms with Crippen LogP contribution in [0.1, 0.15) is 175 Å². The van der Waals surface area contributed by atoms with Crippen LogP contribution in [0.4, 0.5) is 5.69 Å². The first-order valence-corrected chi connectivity index (χ1v) is 23.9. The Morgan fingerprint density at radius 3 is 1.89 bits per heavy atom. The number of fused-ring (bicyclic) bond motifs is 3. The van der Waals surface area contributed by atoms with Gasteiger partial charge in [0.15, 0.2) is 9.84 Å². The summed E-state index contributed by atoms with van der Waals surface area (Å²) in [5.74, 6) is 2.14. The molecular weight excluding hydrogens is 805 g/mol. The lowest BCUT2D eigenvalue weighted by Crippen LogP contribution is -2.34. The minimum atomic E-state index is -3.00. The molecule has 4 N–H and O–H groups in total. The summed E-state index contributed by atoms with van der Waals surface area (Å²) in [4.78, 5) is 35.8. The molecule has 0 radical (unpaired) electrons. The number of anilines is 1. The van der Waals surface area contributed by atoms with Crippen molar-refractivity contribution in [3.8, 4) is 0 Å². The fourth-order valence-corrected chi connectivity index (χ4v) is 9.18. The Bertz CT molecular complexity index is 2510. The van der Waals surface area contributed by atoms with Crippen LogP contribution in [0, 0.1) is 0 Å². The molecule has 334 valence electrons. The van der Waals surface area contributed by atoms with Crippen LogP contribution in [0.15, 0.2) is 114 Å². The molecule has 63 heavy (non-hydrogen) atoms. The predicted molar refractivity (Wildman–Crippen MR) is 257 cm³/mol. The van der Waals surface area contributed by atoms with E-state index in [-0.39, 0.29) is 29.8 Å². The Labute approximate surface area is 375 Å². The molecule has 0 spiro atoms. The number of amides is 3. The number of benzene rings is 5. The van der Waals surface area contributed by atoms with Gasteiger partial charge >= 0.3 is 0 Å². The zero-order valence-electron chi connectivity index (χ0n) is 38.6. The summed E-state index contributed by atoms with van der Waals surface area (Å²) in [6.45, 7) is 21.5. The largest absolute Gasteiger partial charge is 0.367 e. The standard InChI is InChI=1S/C17H17NO.C13H19NO.C12H16O2S.C11H14N2O/c1-11(2)12-6-5-7-13(10-12)16-14-8-3-4-9-15(14)17(19)18-16;1-9(2)11-6-5-7-12(8-11)13(15)14-10(3)4;1-9(2)11-6-5-10-4-3-7-15(13,14)12(10)8-11;1-7(2)8-3-4-10-9(5-8)11(14)13-6-12-10/h3-11,16H,1-2H3,(H,18,19);5-10H,1-4H3,(H,14,15);5-6,8-9H,3-4,7H2,1-2H3;3-5,7,12H,6H2,1-2H3,(H,13,14). The predicted octanol–water partition coefficient (Wildman–Crippen LogP) is 11.0. The highest BCUT2D eigenvalue weighted by Gasteiger charge is 2.29. The van der Waals surface area contributed by atoms with Crippen LogP contribution in [0.25, 0.3) is 0 Å². The first-order chi connectivity index (χ1) is 29.9. The number of hydrogen-bond acceptors (Lipinski definition) is 6. The Morgan fingerprint density at radius 2 is 1.22 bits per heavy atom. The van der Waals surface area contributed by atoms with Crippen LogP contribution >= 0.6 is 0 Å². The van der Waals surface area contributed by atoms with E-state index in [9.17, 15) is 22.8 Å². The minimum absolute atomic E-state index is 0.00694. The van der Waals surface area contributed by atoms with Gasteiger partial charge < -0.3 is 21.3 Å². The minimum Gasteiger partial charge on any atom is -0.367 e. The van der Waals surface area contributed by atoms with E-state index in [2.05, 4.69) is 113 Å². The van der Waals surface area contributed by atoms with Crippen LogP contribution in [0.3, 0.4) is 0 Å². The summed E-state index contributed by atoms with van der Waals surface area (Å²) in [7, 11) is -3.00. The topological polar surface area (TPSA) is 133 Å². The van der Waals surface area contributed by atoms with Crippen molar-refractivity contribution in [2.24, 2.45) is 0 Å². The molecule has 5 aromatic carbocycles. The molecule has 0 aliphatic carbocycles. The smallest absolute Gasteiger partial charge is 0.254 e. The molecule has 8 rings (SSSR count). The Morgan fingerprint density at radius 1 is 0.619 bits per heavy atom. The molecule has 0 saturated heterocycles. The van der Waals surface area contributed by atoms with Crippen LogP contribution in [0.5, 0.6) is 0 Å². The summed E-state index contributed by atoms with van der Waals surface area (Å²) in [5, 5.41) is 11.8. The molecule has 0 saturated carbocycles. The molecule has 3 aliphatic rings. The SMILES string of the molecule is CC(C)NC(=O)c1cccc(C(C)C)c1.CC(C)c1ccc2c(c1)C(=O)NCN2.CC(C)c1ccc2c(c1)S(=O)(=O)CCC2.CC(C)c1cccc(C2NC(=O)c3ccccc32)c1. The number of carbonyl (C=O) groups excluding carboxylic acids is 3. The number of rotatable bonds is 7. The quantitative estimate of drug-likeness (QED) is 0.129. The van der Waals surface area contributed by atoms with E-state index in [1.54, 1.807) is 0 Å². The second-order valence-electron chi connectivity index (χ2n) is 18.0. The number of hydrogen-bond donors (Lipinski definition) is 4. The molecule has 3 amide bonds. The third-order valence-corrected chi connectivity index (χ3v) is 13.2. The lowest BCUT2D eigenvalue weighted by atomic mass is 9.94. The van der Waals surface area contributed by atoms with Crippen LogP contribution in [0.2, 0.25) is 0 Å². The summed E-state index contributed by atoms with van der Waals surface area (Å²) >= 11 is 0. The molecule has 9 nitrogen and oxygen atoms in total. The molecule has 1 unspecified atom stereocenters. The molecule has 1 atom stereocenters. The average Bonchev–Trinajstić information content (AvgIpc) is 3.60. The van der Waals surface area contributed by atoms with Crippen LogP contribution in [-0.2, 0) is 16.3 Å². The van der Waals surface area contributed by atoms with Gasteiger partial charge in [-0.1, -0.05) is 128 Å². The van der Waals surface area contributed by atoms with E-state index in [1.165, 1.54) is 16.7 Å².